The highest BCUT2D eigenvalue weighted by atomic mass is 79.9. The van der Waals surface area contributed by atoms with E-state index in [1.54, 1.807) is 12.1 Å². The van der Waals surface area contributed by atoms with Gasteiger partial charge < -0.3 is 5.32 Å². The molecular weight excluding hydrogens is 318 g/mol. The standard InChI is InChI=1S/C12H14BrNO3S/c1-8(12(15)14-10-5-6-10)18(16,17)11-4-2-3-9(13)7-11/h2-4,7-8,10H,5-6H2,1H3,(H,14,15)/t8-/m0/s1. The molecule has 2 rings (SSSR count). The summed E-state index contributed by atoms with van der Waals surface area (Å²) in [4.78, 5) is 12.0. The summed E-state index contributed by atoms with van der Waals surface area (Å²) < 4.78 is 25.2. The Bertz CT molecular complexity index is 566. The van der Waals surface area contributed by atoms with Crippen LogP contribution in [0.25, 0.3) is 0 Å². The molecule has 0 heterocycles. The quantitative estimate of drug-likeness (QED) is 0.916. The van der Waals surface area contributed by atoms with Crippen molar-refractivity contribution in [3.8, 4) is 0 Å². The van der Waals surface area contributed by atoms with E-state index >= 15 is 0 Å². The van der Waals surface area contributed by atoms with Crippen LogP contribution in [-0.2, 0) is 14.6 Å². The predicted molar refractivity (Wildman–Crippen MR) is 72.0 cm³/mol. The topological polar surface area (TPSA) is 63.2 Å². The van der Waals surface area contributed by atoms with Crippen LogP contribution in [0.2, 0.25) is 0 Å². The highest BCUT2D eigenvalue weighted by molar-refractivity contribution is 9.10. The first kappa shape index (κ1) is 13.5. The number of sulfone groups is 1. The summed E-state index contributed by atoms with van der Waals surface area (Å²) in [5, 5.41) is 1.65. The Morgan fingerprint density at radius 3 is 2.67 bits per heavy atom. The van der Waals surface area contributed by atoms with Gasteiger partial charge in [0.2, 0.25) is 5.91 Å². The summed E-state index contributed by atoms with van der Waals surface area (Å²) in [5.41, 5.74) is 0. The zero-order valence-corrected chi connectivity index (χ0v) is 12.3. The minimum absolute atomic E-state index is 0.162. The summed E-state index contributed by atoms with van der Waals surface area (Å²) in [6, 6.07) is 6.56. The molecule has 1 atom stereocenters. The van der Waals surface area contributed by atoms with Gasteiger partial charge in [-0.05, 0) is 38.0 Å². The van der Waals surface area contributed by atoms with Crippen LogP contribution in [0.4, 0.5) is 0 Å². The van der Waals surface area contributed by atoms with Gasteiger partial charge in [-0.3, -0.25) is 4.79 Å². The molecule has 1 saturated carbocycles. The fourth-order valence-electron chi connectivity index (χ4n) is 1.54. The monoisotopic (exact) mass is 331 g/mol. The van der Waals surface area contributed by atoms with Gasteiger partial charge in [0.15, 0.2) is 9.84 Å². The number of rotatable bonds is 4. The van der Waals surface area contributed by atoms with Crippen LogP contribution in [0.15, 0.2) is 33.6 Å². The van der Waals surface area contributed by atoms with Gasteiger partial charge in [0.25, 0.3) is 0 Å². The Kier molecular flexibility index (Phi) is 3.77. The normalized spacial score (nSPS) is 17.2. The first-order valence-electron chi connectivity index (χ1n) is 5.71. The second-order valence-electron chi connectivity index (χ2n) is 4.43. The Hall–Kier alpha value is -0.880. The lowest BCUT2D eigenvalue weighted by atomic mass is 10.4. The van der Waals surface area contributed by atoms with Gasteiger partial charge in [-0.2, -0.15) is 0 Å². The van der Waals surface area contributed by atoms with Crippen molar-refractivity contribution in [2.45, 2.75) is 36.0 Å². The fourth-order valence-corrected chi connectivity index (χ4v) is 3.40. The van der Waals surface area contributed by atoms with Crippen molar-refractivity contribution in [1.82, 2.24) is 5.32 Å². The third kappa shape index (κ3) is 2.92. The molecule has 1 N–H and O–H groups in total. The zero-order chi connectivity index (χ0) is 13.3. The average Bonchev–Trinajstić information content (AvgIpc) is 3.11. The molecule has 0 unspecified atom stereocenters. The van der Waals surface area contributed by atoms with Gasteiger partial charge >= 0.3 is 0 Å². The molecule has 1 aromatic rings. The van der Waals surface area contributed by atoms with Crippen LogP contribution in [0.5, 0.6) is 0 Å². The van der Waals surface area contributed by atoms with E-state index in [9.17, 15) is 13.2 Å². The molecule has 0 saturated heterocycles. The number of carbonyl (C=O) groups excluding carboxylic acids is 1. The maximum atomic E-state index is 12.2. The molecule has 1 aliphatic carbocycles. The van der Waals surface area contributed by atoms with E-state index in [0.29, 0.717) is 4.47 Å². The number of hydrogen-bond acceptors (Lipinski definition) is 3. The summed E-state index contributed by atoms with van der Waals surface area (Å²) >= 11 is 3.23. The first-order chi connectivity index (χ1) is 8.41. The van der Waals surface area contributed by atoms with Crippen molar-refractivity contribution in [1.29, 1.82) is 0 Å². The van der Waals surface area contributed by atoms with Gasteiger partial charge in [-0.1, -0.05) is 22.0 Å². The molecule has 1 fully saturated rings. The summed E-state index contributed by atoms with van der Waals surface area (Å²) in [7, 11) is -3.62. The van der Waals surface area contributed by atoms with Gasteiger partial charge in [0.05, 0.1) is 4.90 Å². The third-order valence-electron chi connectivity index (χ3n) is 2.88. The van der Waals surface area contributed by atoms with E-state index < -0.39 is 21.0 Å². The second-order valence-corrected chi connectivity index (χ2v) is 7.61. The zero-order valence-electron chi connectivity index (χ0n) is 9.89. The smallest absolute Gasteiger partial charge is 0.238 e. The van der Waals surface area contributed by atoms with E-state index in [-0.39, 0.29) is 10.9 Å². The SMILES string of the molecule is C[C@@H](C(=O)NC1CC1)S(=O)(=O)c1cccc(Br)c1. The number of carbonyl (C=O) groups is 1. The minimum Gasteiger partial charge on any atom is -0.352 e. The van der Waals surface area contributed by atoms with Crippen molar-refractivity contribution in [2.75, 3.05) is 0 Å². The lowest BCUT2D eigenvalue weighted by Gasteiger charge is -2.13. The molecule has 0 spiro atoms. The molecule has 0 aromatic heterocycles. The Morgan fingerprint density at radius 2 is 2.11 bits per heavy atom. The van der Waals surface area contributed by atoms with Crippen LogP contribution in [0.1, 0.15) is 19.8 Å². The van der Waals surface area contributed by atoms with Crippen molar-refractivity contribution in [2.24, 2.45) is 0 Å². The maximum Gasteiger partial charge on any atom is 0.238 e. The minimum atomic E-state index is -3.62. The lowest BCUT2D eigenvalue weighted by molar-refractivity contribution is -0.120. The molecule has 6 heteroatoms. The molecule has 0 bridgehead atoms. The third-order valence-corrected chi connectivity index (χ3v) is 5.43. The van der Waals surface area contributed by atoms with E-state index in [1.165, 1.54) is 19.1 Å². The van der Waals surface area contributed by atoms with Gasteiger partial charge in [0, 0.05) is 10.5 Å². The Balaban J connectivity index is 2.21. The fraction of sp³-hybridized carbons (Fsp3) is 0.417. The Labute approximate surface area is 115 Å². The van der Waals surface area contributed by atoms with Crippen molar-refractivity contribution >= 4 is 31.7 Å². The molecule has 18 heavy (non-hydrogen) atoms. The molecule has 98 valence electrons. The largest absolute Gasteiger partial charge is 0.352 e. The van der Waals surface area contributed by atoms with Crippen LogP contribution in [-0.4, -0.2) is 25.6 Å². The van der Waals surface area contributed by atoms with Crippen LogP contribution < -0.4 is 5.32 Å². The summed E-state index contributed by atoms with van der Waals surface area (Å²) in [6.45, 7) is 1.42. The molecule has 1 amide bonds. The number of benzene rings is 1. The van der Waals surface area contributed by atoms with Crippen molar-refractivity contribution in [3.05, 3.63) is 28.7 Å². The van der Waals surface area contributed by atoms with Crippen LogP contribution in [0.3, 0.4) is 0 Å². The van der Waals surface area contributed by atoms with E-state index in [0.717, 1.165) is 12.8 Å². The van der Waals surface area contributed by atoms with E-state index in [1.807, 2.05) is 0 Å². The molecule has 0 aliphatic heterocycles. The van der Waals surface area contributed by atoms with Crippen molar-refractivity contribution < 1.29 is 13.2 Å². The first-order valence-corrected chi connectivity index (χ1v) is 8.05. The average molecular weight is 332 g/mol. The number of hydrogen-bond donors (Lipinski definition) is 1. The summed E-state index contributed by atoms with van der Waals surface area (Å²) in [5.74, 6) is -0.419. The van der Waals surface area contributed by atoms with Crippen LogP contribution in [0, 0.1) is 0 Å². The highest BCUT2D eigenvalue weighted by Crippen LogP contribution is 2.22. The molecule has 1 aliphatic rings. The number of nitrogens with one attached hydrogen (secondary N) is 1. The van der Waals surface area contributed by atoms with Crippen LogP contribution >= 0.6 is 15.9 Å². The van der Waals surface area contributed by atoms with Gasteiger partial charge in [0.1, 0.15) is 5.25 Å². The Morgan fingerprint density at radius 1 is 1.44 bits per heavy atom. The second kappa shape index (κ2) is 5.01. The predicted octanol–water partition coefficient (Wildman–Crippen LogP) is 1.89. The summed E-state index contributed by atoms with van der Waals surface area (Å²) in [6.07, 6.45) is 1.88. The maximum absolute atomic E-state index is 12.2. The molecular formula is C12H14BrNO3S. The number of amides is 1. The van der Waals surface area contributed by atoms with E-state index in [2.05, 4.69) is 21.2 Å². The number of halogens is 1. The molecule has 4 nitrogen and oxygen atoms in total. The molecule has 0 radical (unpaired) electrons. The lowest BCUT2D eigenvalue weighted by Crippen LogP contribution is -2.39. The van der Waals surface area contributed by atoms with E-state index in [4.69, 9.17) is 0 Å². The highest BCUT2D eigenvalue weighted by Gasteiger charge is 2.33. The van der Waals surface area contributed by atoms with Gasteiger partial charge in [-0.15, -0.1) is 0 Å². The van der Waals surface area contributed by atoms with Crippen molar-refractivity contribution in [3.63, 3.8) is 0 Å². The molecule has 1 aromatic carbocycles. The van der Waals surface area contributed by atoms with Gasteiger partial charge in [-0.25, -0.2) is 8.42 Å².